The summed E-state index contributed by atoms with van der Waals surface area (Å²) < 4.78 is 13.1. The molecule has 3 aromatic rings. The molecule has 0 saturated carbocycles. The van der Waals surface area contributed by atoms with Gasteiger partial charge >= 0.3 is 0 Å². The highest BCUT2D eigenvalue weighted by molar-refractivity contribution is 5.94. The van der Waals surface area contributed by atoms with Crippen molar-refractivity contribution in [2.75, 3.05) is 31.5 Å². The van der Waals surface area contributed by atoms with E-state index in [4.69, 9.17) is 0 Å². The van der Waals surface area contributed by atoms with E-state index in [9.17, 15) is 9.18 Å². The number of halogens is 1. The predicted molar refractivity (Wildman–Crippen MR) is 120 cm³/mol. The van der Waals surface area contributed by atoms with Crippen molar-refractivity contribution in [1.82, 2.24) is 20.2 Å². The van der Waals surface area contributed by atoms with E-state index in [0.29, 0.717) is 23.8 Å². The maximum Gasteiger partial charge on any atom is 0.251 e. The molecule has 160 valence electrons. The van der Waals surface area contributed by atoms with Gasteiger partial charge in [-0.15, -0.1) is 0 Å². The Balaban J connectivity index is 1.30. The standard InChI is InChI=1S/C24H26FN5O/c25-20-8-4-18(5-9-20)23-26-14-12-22(29-23)28-21-10-6-19(7-11-21)24(31)27-13-3-17-30-15-1-2-16-30/h4-12,14H,1-3,13,15-17H2,(H,27,31)(H,26,28,29). The first-order valence-electron chi connectivity index (χ1n) is 10.6. The minimum Gasteiger partial charge on any atom is -0.352 e. The lowest BCUT2D eigenvalue weighted by Gasteiger charge is -2.14. The molecule has 2 heterocycles. The van der Waals surface area contributed by atoms with E-state index >= 15 is 0 Å². The molecule has 31 heavy (non-hydrogen) atoms. The van der Waals surface area contributed by atoms with Crippen molar-refractivity contribution < 1.29 is 9.18 Å². The molecule has 1 amide bonds. The molecule has 0 unspecified atom stereocenters. The minimum atomic E-state index is -0.297. The molecule has 1 aromatic heterocycles. The van der Waals surface area contributed by atoms with Crippen LogP contribution >= 0.6 is 0 Å². The number of likely N-dealkylation sites (tertiary alicyclic amines) is 1. The fourth-order valence-corrected chi connectivity index (χ4v) is 3.63. The Bertz CT molecular complexity index is 1000. The van der Waals surface area contributed by atoms with Crippen LogP contribution in [0.5, 0.6) is 0 Å². The van der Waals surface area contributed by atoms with Crippen LogP contribution in [-0.2, 0) is 0 Å². The number of benzene rings is 2. The van der Waals surface area contributed by atoms with Crippen LogP contribution in [-0.4, -0.2) is 47.0 Å². The Morgan fingerprint density at radius 2 is 1.74 bits per heavy atom. The van der Waals surface area contributed by atoms with E-state index in [2.05, 4.69) is 25.5 Å². The average Bonchev–Trinajstić information content (AvgIpc) is 3.31. The van der Waals surface area contributed by atoms with E-state index < -0.39 is 0 Å². The first-order chi connectivity index (χ1) is 15.2. The molecule has 1 aliphatic heterocycles. The van der Waals surface area contributed by atoms with Crippen LogP contribution in [0.2, 0.25) is 0 Å². The van der Waals surface area contributed by atoms with E-state index in [1.54, 1.807) is 36.5 Å². The average molecular weight is 420 g/mol. The highest BCUT2D eigenvalue weighted by atomic mass is 19.1. The summed E-state index contributed by atoms with van der Waals surface area (Å²) in [5.41, 5.74) is 2.18. The Kier molecular flexibility index (Phi) is 6.84. The number of nitrogens with zero attached hydrogens (tertiary/aromatic N) is 3. The molecule has 2 aromatic carbocycles. The SMILES string of the molecule is O=C(NCCCN1CCCC1)c1ccc(Nc2ccnc(-c3ccc(F)cc3)n2)cc1. The first kappa shape index (κ1) is 20.9. The lowest BCUT2D eigenvalue weighted by Crippen LogP contribution is -2.28. The second kappa shape index (κ2) is 10.1. The van der Waals surface area contributed by atoms with Crippen molar-refractivity contribution in [2.24, 2.45) is 0 Å². The number of nitrogens with one attached hydrogen (secondary N) is 2. The molecule has 7 heteroatoms. The van der Waals surface area contributed by atoms with Gasteiger partial charge < -0.3 is 15.5 Å². The van der Waals surface area contributed by atoms with Crippen LogP contribution in [0.1, 0.15) is 29.6 Å². The number of hydrogen-bond acceptors (Lipinski definition) is 5. The van der Waals surface area contributed by atoms with Crippen molar-refractivity contribution in [2.45, 2.75) is 19.3 Å². The maximum absolute atomic E-state index is 13.1. The van der Waals surface area contributed by atoms with Gasteiger partial charge in [-0.2, -0.15) is 0 Å². The van der Waals surface area contributed by atoms with E-state index in [1.165, 1.54) is 38.1 Å². The molecular formula is C24H26FN5O. The van der Waals surface area contributed by atoms with E-state index in [1.807, 2.05) is 12.1 Å². The van der Waals surface area contributed by atoms with Crippen LogP contribution in [0.4, 0.5) is 15.9 Å². The summed E-state index contributed by atoms with van der Waals surface area (Å²) in [6.45, 7) is 4.09. The monoisotopic (exact) mass is 419 g/mol. The van der Waals surface area contributed by atoms with Crippen LogP contribution in [0.15, 0.2) is 60.8 Å². The van der Waals surface area contributed by atoms with Gasteiger partial charge in [0.25, 0.3) is 5.91 Å². The number of carbonyl (C=O) groups excluding carboxylic acids is 1. The zero-order valence-corrected chi connectivity index (χ0v) is 17.4. The van der Waals surface area contributed by atoms with E-state index in [0.717, 1.165) is 24.2 Å². The third kappa shape index (κ3) is 5.86. The van der Waals surface area contributed by atoms with Crippen LogP contribution in [0.25, 0.3) is 11.4 Å². The van der Waals surface area contributed by atoms with Gasteiger partial charge in [0.2, 0.25) is 0 Å². The molecule has 1 aliphatic rings. The number of carbonyl (C=O) groups is 1. The molecule has 0 aliphatic carbocycles. The molecule has 1 fully saturated rings. The lowest BCUT2D eigenvalue weighted by molar-refractivity contribution is 0.0952. The van der Waals surface area contributed by atoms with Gasteiger partial charge in [0.1, 0.15) is 11.6 Å². The summed E-state index contributed by atoms with van der Waals surface area (Å²) >= 11 is 0. The Morgan fingerprint density at radius 1 is 1.00 bits per heavy atom. The highest BCUT2D eigenvalue weighted by Crippen LogP contribution is 2.20. The summed E-state index contributed by atoms with van der Waals surface area (Å²) in [5.74, 6) is 0.769. The van der Waals surface area contributed by atoms with Crippen molar-refractivity contribution in [3.63, 3.8) is 0 Å². The molecule has 0 atom stereocenters. The van der Waals surface area contributed by atoms with Gasteiger partial charge in [-0.25, -0.2) is 14.4 Å². The maximum atomic E-state index is 13.1. The lowest BCUT2D eigenvalue weighted by atomic mass is 10.2. The number of hydrogen-bond donors (Lipinski definition) is 2. The zero-order valence-electron chi connectivity index (χ0n) is 17.4. The third-order valence-corrected chi connectivity index (χ3v) is 5.31. The van der Waals surface area contributed by atoms with Crippen molar-refractivity contribution >= 4 is 17.4 Å². The fourth-order valence-electron chi connectivity index (χ4n) is 3.63. The smallest absolute Gasteiger partial charge is 0.251 e. The second-order valence-electron chi connectivity index (χ2n) is 7.63. The summed E-state index contributed by atoms with van der Waals surface area (Å²) in [5, 5.41) is 6.20. The van der Waals surface area contributed by atoms with Crippen molar-refractivity contribution in [1.29, 1.82) is 0 Å². The Morgan fingerprint density at radius 3 is 2.48 bits per heavy atom. The summed E-state index contributed by atoms with van der Waals surface area (Å²) in [6, 6.07) is 15.1. The number of aromatic nitrogens is 2. The van der Waals surface area contributed by atoms with E-state index in [-0.39, 0.29) is 11.7 Å². The quantitative estimate of drug-likeness (QED) is 0.535. The molecular weight excluding hydrogens is 393 g/mol. The first-order valence-corrected chi connectivity index (χ1v) is 10.6. The molecule has 0 bridgehead atoms. The largest absolute Gasteiger partial charge is 0.352 e. The summed E-state index contributed by atoms with van der Waals surface area (Å²) in [6.07, 6.45) is 5.19. The van der Waals surface area contributed by atoms with Crippen molar-refractivity contribution in [3.05, 3.63) is 72.2 Å². The third-order valence-electron chi connectivity index (χ3n) is 5.31. The van der Waals surface area contributed by atoms with Gasteiger partial charge in [-0.1, -0.05) is 0 Å². The van der Waals surface area contributed by atoms with Gasteiger partial charge in [-0.3, -0.25) is 4.79 Å². The Hall–Kier alpha value is -3.32. The normalized spacial score (nSPS) is 13.8. The van der Waals surface area contributed by atoms with Gasteiger partial charge in [0.05, 0.1) is 0 Å². The zero-order chi connectivity index (χ0) is 21.5. The van der Waals surface area contributed by atoms with Crippen LogP contribution < -0.4 is 10.6 Å². The van der Waals surface area contributed by atoms with Gasteiger partial charge in [-0.05, 0) is 93.5 Å². The predicted octanol–water partition coefficient (Wildman–Crippen LogP) is 4.24. The van der Waals surface area contributed by atoms with Gasteiger partial charge in [0, 0.05) is 29.6 Å². The molecule has 1 saturated heterocycles. The number of amides is 1. The minimum absolute atomic E-state index is 0.0615. The number of anilines is 2. The molecule has 2 N–H and O–H groups in total. The summed E-state index contributed by atoms with van der Waals surface area (Å²) in [4.78, 5) is 23.5. The van der Waals surface area contributed by atoms with Crippen LogP contribution in [0, 0.1) is 5.82 Å². The molecule has 6 nitrogen and oxygen atoms in total. The highest BCUT2D eigenvalue weighted by Gasteiger charge is 2.11. The second-order valence-corrected chi connectivity index (χ2v) is 7.63. The molecule has 0 spiro atoms. The van der Waals surface area contributed by atoms with Crippen molar-refractivity contribution in [3.8, 4) is 11.4 Å². The molecule has 0 radical (unpaired) electrons. The molecule has 4 rings (SSSR count). The number of rotatable bonds is 8. The topological polar surface area (TPSA) is 70.2 Å². The van der Waals surface area contributed by atoms with Crippen LogP contribution in [0.3, 0.4) is 0 Å². The van der Waals surface area contributed by atoms with Gasteiger partial charge in [0.15, 0.2) is 5.82 Å². The Labute approximate surface area is 181 Å². The summed E-state index contributed by atoms with van der Waals surface area (Å²) in [7, 11) is 0. The fraction of sp³-hybridized carbons (Fsp3) is 0.292.